The summed E-state index contributed by atoms with van der Waals surface area (Å²) in [7, 11) is 0. The largest absolute Gasteiger partial charge is 1.00 e. The fourth-order valence-electron chi connectivity index (χ4n) is 2.65. The van der Waals surface area contributed by atoms with Crippen molar-refractivity contribution in [2.75, 3.05) is 0 Å². The summed E-state index contributed by atoms with van der Waals surface area (Å²) in [5, 5.41) is 17.7. The van der Waals surface area contributed by atoms with Crippen LogP contribution in [0.1, 0.15) is 110 Å². The maximum atomic E-state index is 10.3. The van der Waals surface area contributed by atoms with Crippen molar-refractivity contribution in [3.63, 3.8) is 0 Å². The quantitative estimate of drug-likeness (QED) is 0.233. The molecule has 0 fully saturated rings. The van der Waals surface area contributed by atoms with Crippen molar-refractivity contribution in [2.24, 2.45) is 0 Å². The van der Waals surface area contributed by atoms with E-state index >= 15 is 0 Å². The van der Waals surface area contributed by atoms with Gasteiger partial charge in [0.1, 0.15) is 0 Å². The number of carbonyl (C=O) groups excluding carboxylic acids is 1. The molecule has 0 aromatic heterocycles. The van der Waals surface area contributed by atoms with Crippen molar-refractivity contribution < 1.29 is 71.2 Å². The number of carbonyl (C=O) groups is 2. The minimum absolute atomic E-state index is 0. The van der Waals surface area contributed by atoms with Gasteiger partial charge in [0, 0.05) is 6.42 Å². The predicted octanol–water partition coefficient (Wildman–Crippen LogP) is 2.26. The number of carboxylic acids is 2. The van der Waals surface area contributed by atoms with Gasteiger partial charge >= 0.3 is 57.4 Å². The van der Waals surface area contributed by atoms with E-state index in [1.54, 1.807) is 0 Å². The van der Waals surface area contributed by atoms with E-state index in [1.807, 2.05) is 0 Å². The van der Waals surface area contributed by atoms with Crippen molar-refractivity contribution in [3.05, 3.63) is 12.7 Å². The second kappa shape index (κ2) is 27.5. The monoisotopic (exact) mass is 394 g/mol. The Balaban J connectivity index is -0.000000772. The van der Waals surface area contributed by atoms with Crippen molar-refractivity contribution in [2.45, 2.75) is 110 Å². The molecule has 0 heterocycles. The molecule has 5 heteroatoms. The Kier molecular flexibility index (Phi) is 32.9. The number of unbranched alkanes of at least 4 members (excludes halogenated alkanes) is 14. The van der Waals surface area contributed by atoms with Gasteiger partial charge in [-0.3, -0.25) is 4.79 Å². The van der Waals surface area contributed by atoms with Crippen LogP contribution in [0, 0.1) is 0 Å². The molecule has 0 spiro atoms. The Bertz CT molecular complexity index is 319. The van der Waals surface area contributed by atoms with Crippen LogP contribution in [0.2, 0.25) is 0 Å². The Morgan fingerprint density at radius 3 is 1.27 bits per heavy atom. The zero-order chi connectivity index (χ0) is 19.2. The molecule has 1 N–H and O–H groups in total. The first-order valence-electron chi connectivity index (χ1n) is 10.1. The van der Waals surface area contributed by atoms with Gasteiger partial charge in [0.15, 0.2) is 0 Å². The summed E-state index contributed by atoms with van der Waals surface area (Å²) in [6.45, 7) is 5.17. The third-order valence-electron chi connectivity index (χ3n) is 4.16. The summed E-state index contributed by atoms with van der Waals surface area (Å²) in [6.07, 6.45) is 20.9. The van der Waals surface area contributed by atoms with E-state index in [4.69, 9.17) is 15.0 Å². The molecule has 0 rings (SSSR count). The summed E-state index contributed by atoms with van der Waals surface area (Å²) in [5.74, 6) is -1.88. The number of rotatable bonds is 17. The average Bonchev–Trinajstić information content (AvgIpc) is 2.58. The van der Waals surface area contributed by atoms with Crippen LogP contribution in [0.25, 0.3) is 0 Å². The second-order valence-corrected chi connectivity index (χ2v) is 6.62. The van der Waals surface area contributed by atoms with E-state index < -0.39 is 11.9 Å². The van der Waals surface area contributed by atoms with Gasteiger partial charge in [0.05, 0.1) is 5.97 Å². The minimum atomic E-state index is -1.23. The smallest absolute Gasteiger partial charge is 0.545 e. The summed E-state index contributed by atoms with van der Waals surface area (Å²) >= 11 is 0. The van der Waals surface area contributed by atoms with Crippen molar-refractivity contribution >= 4 is 11.9 Å². The summed E-state index contributed by atoms with van der Waals surface area (Å²) in [4.78, 5) is 19.5. The Hall–Kier alpha value is 0.316. The van der Waals surface area contributed by atoms with Crippen LogP contribution >= 0.6 is 0 Å². The van der Waals surface area contributed by atoms with Crippen LogP contribution in [0.5, 0.6) is 0 Å². The third kappa shape index (κ3) is 35.4. The van der Waals surface area contributed by atoms with Gasteiger partial charge in [-0.15, -0.1) is 0 Å². The van der Waals surface area contributed by atoms with Crippen LogP contribution < -0.4 is 56.5 Å². The number of carboxylic acid groups (broad SMARTS) is 2. The van der Waals surface area contributed by atoms with E-state index in [9.17, 15) is 4.79 Å². The van der Waals surface area contributed by atoms with E-state index in [1.165, 1.54) is 83.5 Å². The average molecular weight is 395 g/mol. The molecule has 0 saturated carbocycles. The summed E-state index contributed by atoms with van der Waals surface area (Å²) in [5.41, 5.74) is 0. The molecule has 0 saturated heterocycles. The Labute approximate surface area is 203 Å². The summed E-state index contributed by atoms with van der Waals surface area (Å²) in [6, 6.07) is 0. The molecule has 0 aliphatic rings. The molecule has 0 radical (unpaired) electrons. The van der Waals surface area contributed by atoms with Crippen molar-refractivity contribution in [3.8, 4) is 0 Å². The van der Waals surface area contributed by atoms with E-state index in [-0.39, 0.29) is 51.4 Å². The molecular formula is C21H39KO4. The van der Waals surface area contributed by atoms with E-state index in [0.29, 0.717) is 6.42 Å². The normalized spacial score (nSPS) is 9.58. The Morgan fingerprint density at radius 1 is 0.769 bits per heavy atom. The fourth-order valence-corrected chi connectivity index (χ4v) is 2.65. The van der Waals surface area contributed by atoms with Gasteiger partial charge in [0.25, 0.3) is 0 Å². The first-order valence-corrected chi connectivity index (χ1v) is 10.1. The van der Waals surface area contributed by atoms with Gasteiger partial charge in [-0.25, -0.2) is 0 Å². The SMILES string of the molecule is C=CC(=O)[O-].CCCCCCCCCCCCCCCCCC(=O)O.[K+]. The van der Waals surface area contributed by atoms with Gasteiger partial charge in [-0.1, -0.05) is 103 Å². The molecule has 0 aromatic carbocycles. The van der Waals surface area contributed by atoms with E-state index in [2.05, 4.69) is 13.5 Å². The topological polar surface area (TPSA) is 77.4 Å². The molecule has 4 nitrogen and oxygen atoms in total. The molecule has 0 atom stereocenters. The molecule has 148 valence electrons. The standard InChI is InChI=1S/C18H36O2.C3H4O2.K/c1-2-3-4-5-6-7-8-9-10-11-12-13-14-15-16-17-18(19)20;1-2-3(4)5;/h2-17H2,1H3,(H,19,20);2H,1H2,(H,4,5);/q;;+1/p-1. The van der Waals surface area contributed by atoms with Gasteiger partial charge in [-0.2, -0.15) is 0 Å². The van der Waals surface area contributed by atoms with Crippen LogP contribution in [0.15, 0.2) is 12.7 Å². The van der Waals surface area contributed by atoms with Gasteiger partial charge < -0.3 is 15.0 Å². The second-order valence-electron chi connectivity index (χ2n) is 6.62. The number of hydrogen-bond donors (Lipinski definition) is 1. The molecule has 0 unspecified atom stereocenters. The van der Waals surface area contributed by atoms with Gasteiger partial charge in [0.2, 0.25) is 0 Å². The third-order valence-corrected chi connectivity index (χ3v) is 4.16. The number of hydrogen-bond acceptors (Lipinski definition) is 3. The fraction of sp³-hybridized carbons (Fsp3) is 0.810. The predicted molar refractivity (Wildman–Crippen MR) is 102 cm³/mol. The van der Waals surface area contributed by atoms with Crippen LogP contribution in [0.3, 0.4) is 0 Å². The van der Waals surface area contributed by atoms with Crippen molar-refractivity contribution in [1.29, 1.82) is 0 Å². The molecule has 0 bridgehead atoms. The van der Waals surface area contributed by atoms with Crippen LogP contribution in [-0.2, 0) is 9.59 Å². The van der Waals surface area contributed by atoms with Crippen LogP contribution in [-0.4, -0.2) is 17.0 Å². The first kappa shape index (κ1) is 31.0. The Morgan fingerprint density at radius 2 is 1.04 bits per heavy atom. The van der Waals surface area contributed by atoms with Crippen molar-refractivity contribution in [1.82, 2.24) is 0 Å². The maximum Gasteiger partial charge on any atom is 1.00 e. The number of aliphatic carboxylic acids is 2. The molecule has 0 aromatic rings. The maximum absolute atomic E-state index is 10.3. The molecule has 0 amide bonds. The van der Waals surface area contributed by atoms with Crippen LogP contribution in [0.4, 0.5) is 0 Å². The van der Waals surface area contributed by atoms with E-state index in [0.717, 1.165) is 18.9 Å². The van der Waals surface area contributed by atoms with Gasteiger partial charge in [-0.05, 0) is 12.5 Å². The molecule has 0 aliphatic heterocycles. The minimum Gasteiger partial charge on any atom is -0.545 e. The first-order chi connectivity index (χ1) is 12.0. The summed E-state index contributed by atoms with van der Waals surface area (Å²) < 4.78 is 0. The zero-order valence-electron chi connectivity index (χ0n) is 17.3. The molecule has 0 aliphatic carbocycles. The molecule has 26 heavy (non-hydrogen) atoms. The zero-order valence-corrected chi connectivity index (χ0v) is 20.4. The molecular weight excluding hydrogens is 355 g/mol.